The summed E-state index contributed by atoms with van der Waals surface area (Å²) in [6.45, 7) is 3.18. The standard InChI is InChI=1S/C19H22ClN3O/c1-13-7-5-6-10-23(13)18-12-17(15(20)11-16(18)21)22-19(24)14-8-3-2-4-9-14/h2-4,8-9,11-13H,5-7,10,21H2,1H3,(H,22,24)/t13-/m1/s1. The molecule has 3 N–H and O–H groups in total. The number of nitrogens with one attached hydrogen (secondary N) is 1. The van der Waals surface area contributed by atoms with Gasteiger partial charge in [0.25, 0.3) is 5.91 Å². The molecule has 126 valence electrons. The molecule has 1 aliphatic rings. The number of anilines is 3. The molecule has 1 atom stereocenters. The van der Waals surface area contributed by atoms with Crippen LogP contribution in [0.25, 0.3) is 0 Å². The van der Waals surface area contributed by atoms with Crippen LogP contribution in [0.15, 0.2) is 42.5 Å². The van der Waals surface area contributed by atoms with Crippen LogP contribution in [0.2, 0.25) is 5.02 Å². The molecule has 1 saturated heterocycles. The highest BCUT2D eigenvalue weighted by atomic mass is 35.5. The lowest BCUT2D eigenvalue weighted by Crippen LogP contribution is -2.37. The number of carbonyl (C=O) groups is 1. The molecule has 0 unspecified atom stereocenters. The van der Waals surface area contributed by atoms with Gasteiger partial charge in [-0.1, -0.05) is 29.8 Å². The highest BCUT2D eigenvalue weighted by Gasteiger charge is 2.22. The average Bonchev–Trinajstić information content (AvgIpc) is 2.59. The summed E-state index contributed by atoms with van der Waals surface area (Å²) in [6, 6.07) is 13.1. The van der Waals surface area contributed by atoms with Crippen LogP contribution in [-0.2, 0) is 0 Å². The van der Waals surface area contributed by atoms with E-state index in [1.165, 1.54) is 6.42 Å². The van der Waals surface area contributed by atoms with E-state index in [1.807, 2.05) is 24.3 Å². The van der Waals surface area contributed by atoms with Crippen LogP contribution in [0, 0.1) is 0 Å². The smallest absolute Gasteiger partial charge is 0.255 e. The average molecular weight is 344 g/mol. The number of halogens is 1. The number of nitrogens with two attached hydrogens (primary N) is 1. The summed E-state index contributed by atoms with van der Waals surface area (Å²) in [7, 11) is 0. The van der Waals surface area contributed by atoms with Gasteiger partial charge in [0.2, 0.25) is 0 Å². The number of nitrogen functional groups attached to an aromatic ring is 1. The van der Waals surface area contributed by atoms with Crippen molar-refractivity contribution in [1.29, 1.82) is 0 Å². The normalized spacial score (nSPS) is 17.6. The Labute approximate surface area is 147 Å². The molecule has 1 aliphatic heterocycles. The van der Waals surface area contributed by atoms with Crippen LogP contribution in [-0.4, -0.2) is 18.5 Å². The van der Waals surface area contributed by atoms with Crippen molar-refractivity contribution >= 4 is 34.6 Å². The molecule has 0 spiro atoms. The van der Waals surface area contributed by atoms with E-state index in [2.05, 4.69) is 17.1 Å². The zero-order valence-corrected chi connectivity index (χ0v) is 14.5. The maximum absolute atomic E-state index is 12.4. The van der Waals surface area contributed by atoms with Gasteiger partial charge in [-0.25, -0.2) is 0 Å². The molecule has 0 aliphatic carbocycles. The van der Waals surface area contributed by atoms with E-state index < -0.39 is 0 Å². The Hall–Kier alpha value is -2.20. The number of nitrogens with zero attached hydrogens (tertiary/aromatic N) is 1. The van der Waals surface area contributed by atoms with Crippen LogP contribution in [0.4, 0.5) is 17.1 Å². The number of benzene rings is 2. The van der Waals surface area contributed by atoms with Crippen molar-refractivity contribution < 1.29 is 4.79 Å². The predicted octanol–water partition coefficient (Wildman–Crippen LogP) is 4.55. The molecule has 1 heterocycles. The first-order chi connectivity index (χ1) is 11.6. The van der Waals surface area contributed by atoms with Crippen LogP contribution < -0.4 is 16.0 Å². The van der Waals surface area contributed by atoms with Gasteiger partial charge >= 0.3 is 0 Å². The summed E-state index contributed by atoms with van der Waals surface area (Å²) < 4.78 is 0. The fraction of sp³-hybridized carbons (Fsp3) is 0.316. The lowest BCUT2D eigenvalue weighted by molar-refractivity contribution is 0.102. The van der Waals surface area contributed by atoms with Crippen LogP contribution in [0.5, 0.6) is 0 Å². The number of amides is 1. The third-order valence-corrected chi connectivity index (χ3v) is 4.83. The zero-order valence-electron chi connectivity index (χ0n) is 13.8. The number of rotatable bonds is 3. The van der Waals surface area contributed by atoms with Gasteiger partial charge in [-0.2, -0.15) is 0 Å². The molecule has 1 amide bonds. The molecule has 0 bridgehead atoms. The highest BCUT2D eigenvalue weighted by molar-refractivity contribution is 6.34. The molecule has 2 aromatic carbocycles. The Morgan fingerprint density at radius 3 is 2.71 bits per heavy atom. The van der Waals surface area contributed by atoms with E-state index in [9.17, 15) is 4.79 Å². The molecule has 0 saturated carbocycles. The summed E-state index contributed by atoms with van der Waals surface area (Å²) in [6.07, 6.45) is 3.54. The molecular formula is C19H22ClN3O. The quantitative estimate of drug-likeness (QED) is 0.803. The van der Waals surface area contributed by atoms with E-state index in [-0.39, 0.29) is 5.91 Å². The minimum absolute atomic E-state index is 0.181. The third kappa shape index (κ3) is 3.49. The van der Waals surface area contributed by atoms with Gasteiger partial charge in [0.05, 0.1) is 22.1 Å². The van der Waals surface area contributed by atoms with Crippen molar-refractivity contribution in [3.05, 3.63) is 53.1 Å². The number of carbonyl (C=O) groups excluding carboxylic acids is 1. The molecule has 4 nitrogen and oxygen atoms in total. The number of hydrogen-bond acceptors (Lipinski definition) is 3. The molecule has 0 aromatic heterocycles. The Balaban J connectivity index is 1.88. The van der Waals surface area contributed by atoms with Crippen molar-refractivity contribution in [3.63, 3.8) is 0 Å². The van der Waals surface area contributed by atoms with Gasteiger partial charge in [0, 0.05) is 18.2 Å². The fourth-order valence-electron chi connectivity index (χ4n) is 3.16. The topological polar surface area (TPSA) is 58.4 Å². The van der Waals surface area contributed by atoms with Gasteiger partial charge in [-0.3, -0.25) is 4.79 Å². The molecule has 0 radical (unpaired) electrons. The summed E-state index contributed by atoms with van der Waals surface area (Å²) in [5, 5.41) is 3.34. The van der Waals surface area contributed by atoms with Crippen LogP contribution >= 0.6 is 11.6 Å². The maximum Gasteiger partial charge on any atom is 0.255 e. The van der Waals surface area contributed by atoms with Crippen LogP contribution in [0.1, 0.15) is 36.5 Å². The van der Waals surface area contributed by atoms with Gasteiger partial charge in [-0.05, 0) is 50.5 Å². The fourth-order valence-corrected chi connectivity index (χ4v) is 3.38. The Morgan fingerprint density at radius 2 is 2.00 bits per heavy atom. The minimum atomic E-state index is -0.181. The second-order valence-electron chi connectivity index (χ2n) is 6.25. The summed E-state index contributed by atoms with van der Waals surface area (Å²) in [5.41, 5.74) is 8.96. The molecular weight excluding hydrogens is 322 g/mol. The summed E-state index contributed by atoms with van der Waals surface area (Å²) in [5.74, 6) is -0.181. The SMILES string of the molecule is C[C@@H]1CCCCN1c1cc(NC(=O)c2ccccc2)c(Cl)cc1N. The first-order valence-electron chi connectivity index (χ1n) is 8.28. The van der Waals surface area contributed by atoms with Crippen LogP contribution in [0.3, 0.4) is 0 Å². The van der Waals surface area contributed by atoms with Gasteiger partial charge in [0.1, 0.15) is 0 Å². The monoisotopic (exact) mass is 343 g/mol. The molecule has 1 fully saturated rings. The summed E-state index contributed by atoms with van der Waals surface area (Å²) >= 11 is 6.30. The van der Waals surface area contributed by atoms with E-state index in [0.717, 1.165) is 25.1 Å². The van der Waals surface area contributed by atoms with Crippen molar-refractivity contribution in [3.8, 4) is 0 Å². The molecule has 5 heteroatoms. The predicted molar refractivity (Wildman–Crippen MR) is 101 cm³/mol. The molecule has 2 aromatic rings. The van der Waals surface area contributed by atoms with E-state index in [1.54, 1.807) is 18.2 Å². The lowest BCUT2D eigenvalue weighted by Gasteiger charge is -2.36. The van der Waals surface area contributed by atoms with Gasteiger partial charge in [-0.15, -0.1) is 0 Å². The highest BCUT2D eigenvalue weighted by Crippen LogP contribution is 2.36. The largest absolute Gasteiger partial charge is 0.397 e. The van der Waals surface area contributed by atoms with E-state index >= 15 is 0 Å². The van der Waals surface area contributed by atoms with Crippen molar-refractivity contribution in [2.24, 2.45) is 0 Å². The molecule has 3 rings (SSSR count). The Bertz CT molecular complexity index is 733. The lowest BCUT2D eigenvalue weighted by atomic mass is 10.0. The third-order valence-electron chi connectivity index (χ3n) is 4.51. The first kappa shape index (κ1) is 16.7. The zero-order chi connectivity index (χ0) is 17.1. The van der Waals surface area contributed by atoms with Crippen molar-refractivity contribution in [2.45, 2.75) is 32.2 Å². The van der Waals surface area contributed by atoms with Crippen molar-refractivity contribution in [2.75, 3.05) is 22.5 Å². The minimum Gasteiger partial charge on any atom is -0.397 e. The summed E-state index contributed by atoms with van der Waals surface area (Å²) in [4.78, 5) is 14.7. The molecule has 24 heavy (non-hydrogen) atoms. The van der Waals surface area contributed by atoms with E-state index in [0.29, 0.717) is 28.0 Å². The Kier molecular flexibility index (Phi) is 4.95. The number of hydrogen-bond donors (Lipinski definition) is 2. The number of piperidine rings is 1. The van der Waals surface area contributed by atoms with E-state index in [4.69, 9.17) is 17.3 Å². The first-order valence-corrected chi connectivity index (χ1v) is 8.66. The van der Waals surface area contributed by atoms with Crippen molar-refractivity contribution in [1.82, 2.24) is 0 Å². The maximum atomic E-state index is 12.4. The Morgan fingerprint density at radius 1 is 1.25 bits per heavy atom. The van der Waals surface area contributed by atoms with Gasteiger partial charge < -0.3 is 16.0 Å². The second-order valence-corrected chi connectivity index (χ2v) is 6.66. The van der Waals surface area contributed by atoms with Gasteiger partial charge in [0.15, 0.2) is 0 Å². The second kappa shape index (κ2) is 7.14.